The summed E-state index contributed by atoms with van der Waals surface area (Å²) in [6, 6.07) is 27.6. The lowest BCUT2D eigenvalue weighted by Gasteiger charge is -2.22. The number of primary amides is 1. The van der Waals surface area contributed by atoms with Crippen LogP contribution in [0.1, 0.15) is 22.3 Å². The molecule has 37 heavy (non-hydrogen) atoms. The minimum atomic E-state index is -0.474. The molecule has 4 aromatic rings. The first-order valence-electron chi connectivity index (χ1n) is 11.6. The fourth-order valence-electron chi connectivity index (χ4n) is 3.91. The van der Waals surface area contributed by atoms with Gasteiger partial charge in [0.1, 0.15) is 17.2 Å². The van der Waals surface area contributed by atoms with E-state index in [9.17, 15) is 9.90 Å². The van der Waals surface area contributed by atoms with Crippen molar-refractivity contribution in [2.75, 3.05) is 19.1 Å². The SMILES string of the molecule is COc1cc(/C=C/c2ccc(O)cc2)cc(OC)c1.NC(=O)N1c2ccccc2C=Cc2ccccc21. The smallest absolute Gasteiger partial charge is 0.323 e. The number of ether oxygens (including phenoxy) is 2. The van der Waals surface area contributed by atoms with Crippen molar-refractivity contribution in [2.24, 2.45) is 5.73 Å². The summed E-state index contributed by atoms with van der Waals surface area (Å²) in [5.41, 5.74) is 11.1. The van der Waals surface area contributed by atoms with Crippen molar-refractivity contribution < 1.29 is 19.4 Å². The molecule has 0 radical (unpaired) electrons. The van der Waals surface area contributed by atoms with Gasteiger partial charge in [-0.1, -0.05) is 72.8 Å². The number of para-hydroxylation sites is 2. The van der Waals surface area contributed by atoms with Gasteiger partial charge in [-0.3, -0.25) is 4.90 Å². The predicted molar refractivity (Wildman–Crippen MR) is 150 cm³/mol. The third-order valence-corrected chi connectivity index (χ3v) is 5.75. The summed E-state index contributed by atoms with van der Waals surface area (Å²) in [4.78, 5) is 13.3. The van der Waals surface area contributed by atoms with Gasteiger partial charge in [0.15, 0.2) is 0 Å². The van der Waals surface area contributed by atoms with Gasteiger partial charge in [-0.25, -0.2) is 4.79 Å². The molecule has 2 amide bonds. The van der Waals surface area contributed by atoms with Crippen molar-refractivity contribution in [3.8, 4) is 17.2 Å². The average molecular weight is 493 g/mol. The molecule has 0 bridgehead atoms. The Morgan fingerprint density at radius 2 is 1.22 bits per heavy atom. The lowest BCUT2D eigenvalue weighted by atomic mass is 10.1. The predicted octanol–water partition coefficient (Wildman–Crippen LogP) is 6.97. The summed E-state index contributed by atoms with van der Waals surface area (Å²) in [6.45, 7) is 0. The molecule has 4 aromatic carbocycles. The summed E-state index contributed by atoms with van der Waals surface area (Å²) in [6.07, 6.45) is 7.93. The number of carbonyl (C=O) groups excluding carboxylic acids is 1. The zero-order valence-electron chi connectivity index (χ0n) is 20.7. The van der Waals surface area contributed by atoms with E-state index in [1.54, 1.807) is 31.3 Å². The molecule has 0 unspecified atom stereocenters. The van der Waals surface area contributed by atoms with Crippen molar-refractivity contribution in [1.82, 2.24) is 0 Å². The van der Waals surface area contributed by atoms with Crippen LogP contribution >= 0.6 is 0 Å². The second-order valence-electron chi connectivity index (χ2n) is 8.20. The van der Waals surface area contributed by atoms with Gasteiger partial charge in [0.05, 0.1) is 25.6 Å². The molecule has 186 valence electrons. The fourth-order valence-corrected chi connectivity index (χ4v) is 3.91. The molecule has 3 N–H and O–H groups in total. The highest BCUT2D eigenvalue weighted by atomic mass is 16.5. The molecule has 0 saturated heterocycles. The van der Waals surface area contributed by atoms with E-state index in [4.69, 9.17) is 15.2 Å². The highest BCUT2D eigenvalue weighted by molar-refractivity contribution is 6.04. The lowest BCUT2D eigenvalue weighted by Crippen LogP contribution is -2.32. The number of benzene rings is 4. The number of phenols is 1. The van der Waals surface area contributed by atoms with Crippen LogP contribution in [0.25, 0.3) is 24.3 Å². The van der Waals surface area contributed by atoms with E-state index in [-0.39, 0.29) is 5.75 Å². The van der Waals surface area contributed by atoms with E-state index in [0.29, 0.717) is 0 Å². The maximum Gasteiger partial charge on any atom is 0.323 e. The number of nitrogens with zero attached hydrogens (tertiary/aromatic N) is 1. The number of urea groups is 1. The van der Waals surface area contributed by atoms with E-state index in [1.807, 2.05) is 103 Å². The van der Waals surface area contributed by atoms with Crippen molar-refractivity contribution in [1.29, 1.82) is 0 Å². The van der Waals surface area contributed by atoms with Crippen LogP contribution in [0.4, 0.5) is 16.2 Å². The minimum Gasteiger partial charge on any atom is -0.508 e. The summed E-state index contributed by atoms with van der Waals surface area (Å²) >= 11 is 0. The first kappa shape index (κ1) is 25.1. The Labute approximate surface area is 216 Å². The van der Waals surface area contributed by atoms with Crippen molar-refractivity contribution in [2.45, 2.75) is 0 Å². The number of phenolic OH excluding ortho intramolecular Hbond substituents is 1. The number of hydrogen-bond donors (Lipinski definition) is 2. The lowest BCUT2D eigenvalue weighted by molar-refractivity contribution is 0.256. The highest BCUT2D eigenvalue weighted by Crippen LogP contribution is 2.35. The Hall–Kier alpha value is -4.97. The second kappa shape index (κ2) is 11.6. The number of carbonyl (C=O) groups is 1. The number of hydrogen-bond acceptors (Lipinski definition) is 4. The molecular weight excluding hydrogens is 464 g/mol. The van der Waals surface area contributed by atoms with Crippen molar-refractivity contribution in [3.63, 3.8) is 0 Å². The number of anilines is 2. The Kier molecular flexibility index (Phi) is 7.91. The average Bonchev–Trinajstić information content (AvgIpc) is 3.10. The molecule has 0 spiro atoms. The van der Waals surface area contributed by atoms with Gasteiger partial charge in [0, 0.05) is 6.07 Å². The molecule has 0 aromatic heterocycles. The van der Waals surface area contributed by atoms with Crippen molar-refractivity contribution in [3.05, 3.63) is 113 Å². The third kappa shape index (κ3) is 6.18. The van der Waals surface area contributed by atoms with Gasteiger partial charge in [-0.05, 0) is 58.7 Å². The van der Waals surface area contributed by atoms with Crippen LogP contribution in [0.2, 0.25) is 0 Å². The van der Waals surface area contributed by atoms with E-state index < -0.39 is 6.03 Å². The van der Waals surface area contributed by atoms with Crippen LogP contribution in [0, 0.1) is 0 Å². The van der Waals surface area contributed by atoms with Gasteiger partial charge >= 0.3 is 6.03 Å². The maximum atomic E-state index is 11.8. The highest BCUT2D eigenvalue weighted by Gasteiger charge is 2.21. The first-order valence-corrected chi connectivity index (χ1v) is 11.6. The van der Waals surface area contributed by atoms with Gasteiger partial charge in [0.2, 0.25) is 0 Å². The zero-order chi connectivity index (χ0) is 26.2. The van der Waals surface area contributed by atoms with Crippen LogP contribution in [0.15, 0.2) is 91.0 Å². The van der Waals surface area contributed by atoms with E-state index in [2.05, 4.69) is 0 Å². The van der Waals surface area contributed by atoms with Crippen LogP contribution < -0.4 is 20.1 Å². The van der Waals surface area contributed by atoms with Crippen molar-refractivity contribution >= 4 is 41.7 Å². The Morgan fingerprint density at radius 3 is 1.70 bits per heavy atom. The van der Waals surface area contributed by atoms with Gasteiger partial charge in [0.25, 0.3) is 0 Å². The molecule has 0 saturated carbocycles. The number of nitrogens with two attached hydrogens (primary N) is 1. The molecule has 0 fully saturated rings. The van der Waals surface area contributed by atoms with Crippen LogP contribution in [0.3, 0.4) is 0 Å². The third-order valence-electron chi connectivity index (χ3n) is 5.75. The summed E-state index contributed by atoms with van der Waals surface area (Å²) in [7, 11) is 3.25. The molecule has 1 aliphatic heterocycles. The number of fused-ring (bicyclic) bond motifs is 2. The quantitative estimate of drug-likeness (QED) is 0.301. The molecular formula is C31H28N2O4. The largest absolute Gasteiger partial charge is 0.508 e. The Bertz CT molecular complexity index is 1370. The fraction of sp³-hybridized carbons (Fsp3) is 0.0645. The maximum absolute atomic E-state index is 11.8. The zero-order valence-corrected chi connectivity index (χ0v) is 20.7. The topological polar surface area (TPSA) is 85.0 Å². The molecule has 1 heterocycles. The summed E-state index contributed by atoms with van der Waals surface area (Å²) < 4.78 is 10.4. The molecule has 0 aliphatic carbocycles. The number of aromatic hydroxyl groups is 1. The van der Waals surface area contributed by atoms with Gasteiger partial charge in [-0.15, -0.1) is 0 Å². The monoisotopic (exact) mass is 492 g/mol. The standard InChI is InChI=1S/C16H16O3.C15H12N2O/c1-18-15-9-13(10-16(11-15)19-2)4-3-12-5-7-14(17)8-6-12;16-15(18)17-13-7-3-1-5-11(13)9-10-12-6-2-4-8-14(12)17/h3-11,17H,1-2H3;1-10H,(H2,16,18)/b4-3+;. The summed E-state index contributed by atoms with van der Waals surface area (Å²) in [5.74, 6) is 1.77. The van der Waals surface area contributed by atoms with E-state index in [0.717, 1.165) is 45.1 Å². The summed E-state index contributed by atoms with van der Waals surface area (Å²) in [5, 5.41) is 9.22. The van der Waals surface area contributed by atoms with Gasteiger partial charge < -0.3 is 20.3 Å². The normalized spacial score (nSPS) is 11.6. The van der Waals surface area contributed by atoms with E-state index >= 15 is 0 Å². The molecule has 6 nitrogen and oxygen atoms in total. The number of methoxy groups -OCH3 is 2. The first-order chi connectivity index (χ1) is 18.0. The van der Waals surface area contributed by atoms with Crippen LogP contribution in [-0.4, -0.2) is 25.4 Å². The van der Waals surface area contributed by atoms with E-state index in [1.165, 1.54) is 0 Å². The minimum absolute atomic E-state index is 0.264. The van der Waals surface area contributed by atoms with Crippen LogP contribution in [-0.2, 0) is 0 Å². The van der Waals surface area contributed by atoms with Crippen LogP contribution in [0.5, 0.6) is 17.2 Å². The Morgan fingerprint density at radius 1 is 0.730 bits per heavy atom. The number of amides is 2. The molecule has 0 atom stereocenters. The molecule has 1 aliphatic rings. The molecule has 6 heteroatoms. The Balaban J connectivity index is 0.000000173. The molecule has 5 rings (SSSR count). The van der Waals surface area contributed by atoms with Gasteiger partial charge in [-0.2, -0.15) is 0 Å². The number of rotatable bonds is 4. The second-order valence-corrected chi connectivity index (χ2v) is 8.20.